The van der Waals surface area contributed by atoms with Gasteiger partial charge in [0.2, 0.25) is 5.91 Å². The summed E-state index contributed by atoms with van der Waals surface area (Å²) >= 11 is 1.63. The number of nitrogens with zero attached hydrogens (tertiary/aromatic N) is 2. The number of hydrogen-bond donors (Lipinski definition) is 1. The molecule has 1 aromatic heterocycles. The van der Waals surface area contributed by atoms with Crippen LogP contribution < -0.4 is 5.73 Å². The van der Waals surface area contributed by atoms with Crippen LogP contribution in [0.25, 0.3) is 0 Å². The van der Waals surface area contributed by atoms with Gasteiger partial charge in [0.05, 0.1) is 17.1 Å². The van der Waals surface area contributed by atoms with Gasteiger partial charge in [-0.3, -0.25) is 4.79 Å². The predicted molar refractivity (Wildman–Crippen MR) is 128 cm³/mol. The summed E-state index contributed by atoms with van der Waals surface area (Å²) in [5, 5.41) is 3.07. The minimum absolute atomic E-state index is 0. The number of amides is 1. The van der Waals surface area contributed by atoms with Gasteiger partial charge in [0, 0.05) is 30.8 Å². The number of hydrogen-bond acceptors (Lipinski definition) is 4. The number of halogens is 2. The lowest BCUT2D eigenvalue weighted by Crippen LogP contribution is -2.31. The van der Waals surface area contributed by atoms with Crippen molar-refractivity contribution in [2.75, 3.05) is 19.6 Å². The van der Waals surface area contributed by atoms with Crippen molar-refractivity contribution in [2.45, 2.75) is 18.8 Å². The van der Waals surface area contributed by atoms with Gasteiger partial charge in [-0.25, -0.2) is 4.98 Å². The molecule has 0 bridgehead atoms. The van der Waals surface area contributed by atoms with Crippen LogP contribution in [-0.4, -0.2) is 35.4 Å². The largest absolute Gasteiger partial charge is 0.341 e. The van der Waals surface area contributed by atoms with Gasteiger partial charge in [-0.05, 0) is 23.6 Å². The zero-order valence-electron chi connectivity index (χ0n) is 16.6. The van der Waals surface area contributed by atoms with Crippen molar-refractivity contribution >= 4 is 42.1 Å². The first kappa shape index (κ1) is 24.4. The van der Waals surface area contributed by atoms with Crippen LogP contribution in [-0.2, 0) is 17.6 Å². The van der Waals surface area contributed by atoms with Crippen molar-refractivity contribution in [3.8, 4) is 0 Å². The summed E-state index contributed by atoms with van der Waals surface area (Å²) in [5.74, 6) is 0.781. The first-order valence-corrected chi connectivity index (χ1v) is 10.6. The van der Waals surface area contributed by atoms with Crippen LogP contribution in [0, 0.1) is 5.92 Å². The fourth-order valence-corrected chi connectivity index (χ4v) is 4.77. The molecular weight excluding hydrogens is 437 g/mol. The standard InChI is InChI=1S/C23H25N3OS.2ClH/c24-13-19-14-26(15-21(19)18-9-5-2-6-10-18)23(27)12-20-16-28-22(25-20)11-17-7-3-1-4-8-17;;/h1-10,16,19,21H,11-15,24H2;2*1H/t19-,21+;;/m1../s1. The van der Waals surface area contributed by atoms with Crippen LogP contribution in [0.15, 0.2) is 66.0 Å². The van der Waals surface area contributed by atoms with Crippen molar-refractivity contribution in [1.29, 1.82) is 0 Å². The highest BCUT2D eigenvalue weighted by Gasteiger charge is 2.35. The molecule has 3 aromatic rings. The van der Waals surface area contributed by atoms with Gasteiger partial charge in [-0.1, -0.05) is 60.7 Å². The van der Waals surface area contributed by atoms with Gasteiger partial charge in [0.15, 0.2) is 0 Å². The fourth-order valence-electron chi connectivity index (χ4n) is 3.94. The van der Waals surface area contributed by atoms with Crippen molar-refractivity contribution < 1.29 is 4.79 Å². The normalized spacial score (nSPS) is 17.8. The van der Waals surface area contributed by atoms with E-state index in [4.69, 9.17) is 5.73 Å². The molecule has 4 rings (SSSR count). The zero-order valence-corrected chi connectivity index (χ0v) is 19.1. The third-order valence-electron chi connectivity index (χ3n) is 5.45. The van der Waals surface area contributed by atoms with E-state index >= 15 is 0 Å². The molecule has 1 aliphatic rings. The second-order valence-electron chi connectivity index (χ2n) is 7.38. The van der Waals surface area contributed by atoms with Crippen LogP contribution >= 0.6 is 36.2 Å². The molecule has 0 saturated carbocycles. The fraction of sp³-hybridized carbons (Fsp3) is 0.304. The zero-order chi connectivity index (χ0) is 19.3. The monoisotopic (exact) mass is 463 g/mol. The molecule has 1 aliphatic heterocycles. The van der Waals surface area contributed by atoms with Gasteiger partial charge in [-0.2, -0.15) is 0 Å². The van der Waals surface area contributed by atoms with Gasteiger partial charge in [0.25, 0.3) is 0 Å². The van der Waals surface area contributed by atoms with Crippen molar-refractivity contribution in [3.63, 3.8) is 0 Å². The van der Waals surface area contributed by atoms with Crippen LogP contribution in [0.3, 0.4) is 0 Å². The lowest BCUT2D eigenvalue weighted by molar-refractivity contribution is -0.129. The quantitative estimate of drug-likeness (QED) is 0.591. The second-order valence-corrected chi connectivity index (χ2v) is 8.33. The van der Waals surface area contributed by atoms with Crippen LogP contribution in [0.1, 0.15) is 27.7 Å². The maximum atomic E-state index is 12.9. The minimum atomic E-state index is 0. The lowest BCUT2D eigenvalue weighted by Gasteiger charge is -2.16. The molecule has 4 nitrogen and oxygen atoms in total. The molecule has 30 heavy (non-hydrogen) atoms. The van der Waals surface area contributed by atoms with E-state index in [2.05, 4.69) is 41.4 Å². The molecule has 2 aromatic carbocycles. The summed E-state index contributed by atoms with van der Waals surface area (Å²) in [5.41, 5.74) is 9.39. The molecule has 0 radical (unpaired) electrons. The molecule has 1 amide bonds. The number of aromatic nitrogens is 1. The Labute approximate surface area is 194 Å². The first-order valence-electron chi connectivity index (χ1n) is 9.73. The Bertz CT molecular complexity index is 920. The van der Waals surface area contributed by atoms with Crippen LogP contribution in [0.5, 0.6) is 0 Å². The van der Waals surface area contributed by atoms with Crippen LogP contribution in [0.4, 0.5) is 0 Å². The molecule has 1 saturated heterocycles. The third kappa shape index (κ3) is 5.82. The maximum absolute atomic E-state index is 12.9. The third-order valence-corrected chi connectivity index (χ3v) is 6.35. The Kier molecular flexibility index (Phi) is 9.31. The van der Waals surface area contributed by atoms with E-state index in [0.717, 1.165) is 30.2 Å². The molecule has 0 aliphatic carbocycles. The second kappa shape index (κ2) is 11.5. The summed E-state index contributed by atoms with van der Waals surface area (Å²) in [6.45, 7) is 2.07. The van der Waals surface area contributed by atoms with Crippen LogP contribution in [0.2, 0.25) is 0 Å². The van der Waals surface area contributed by atoms with Crippen molar-refractivity contribution in [3.05, 3.63) is 87.9 Å². The summed E-state index contributed by atoms with van der Waals surface area (Å²) in [7, 11) is 0. The summed E-state index contributed by atoms with van der Waals surface area (Å²) in [4.78, 5) is 19.5. The Morgan fingerprint density at radius 3 is 2.37 bits per heavy atom. The van der Waals surface area contributed by atoms with E-state index in [1.807, 2.05) is 34.5 Å². The van der Waals surface area contributed by atoms with E-state index < -0.39 is 0 Å². The highest BCUT2D eigenvalue weighted by Crippen LogP contribution is 2.32. The SMILES string of the molecule is Cl.Cl.NC[C@@H]1CN(C(=O)Cc2csc(Cc3ccccc3)n2)C[C@H]1c1ccccc1. The van der Waals surface area contributed by atoms with Gasteiger partial charge in [0.1, 0.15) is 0 Å². The smallest absolute Gasteiger partial charge is 0.228 e. The number of rotatable bonds is 6. The van der Waals surface area contributed by atoms with Crippen molar-refractivity contribution in [2.24, 2.45) is 11.7 Å². The molecule has 2 N–H and O–H groups in total. The number of likely N-dealkylation sites (tertiary alicyclic amines) is 1. The Balaban J connectivity index is 0.00000160. The molecule has 160 valence electrons. The molecule has 1 fully saturated rings. The number of nitrogens with two attached hydrogens (primary N) is 1. The Hall–Kier alpha value is -1.92. The Morgan fingerprint density at radius 2 is 1.70 bits per heavy atom. The van der Waals surface area contributed by atoms with Crippen molar-refractivity contribution in [1.82, 2.24) is 9.88 Å². The highest BCUT2D eigenvalue weighted by atomic mass is 35.5. The molecule has 0 unspecified atom stereocenters. The predicted octanol–water partition coefficient (Wildman–Crippen LogP) is 4.32. The summed E-state index contributed by atoms with van der Waals surface area (Å²) in [6.07, 6.45) is 1.18. The molecule has 2 heterocycles. The molecular formula is C23H27Cl2N3OS. The number of benzene rings is 2. The number of thiazole rings is 1. The summed E-state index contributed by atoms with van der Waals surface area (Å²) in [6, 6.07) is 20.7. The van der Waals surface area contributed by atoms with Gasteiger partial charge < -0.3 is 10.6 Å². The van der Waals surface area contributed by atoms with E-state index in [1.54, 1.807) is 11.3 Å². The summed E-state index contributed by atoms with van der Waals surface area (Å²) < 4.78 is 0. The number of carbonyl (C=O) groups is 1. The Morgan fingerprint density at radius 1 is 1.03 bits per heavy atom. The molecule has 0 spiro atoms. The highest BCUT2D eigenvalue weighted by molar-refractivity contribution is 7.09. The average molecular weight is 464 g/mol. The topological polar surface area (TPSA) is 59.2 Å². The maximum Gasteiger partial charge on any atom is 0.228 e. The molecule has 7 heteroatoms. The minimum Gasteiger partial charge on any atom is -0.341 e. The number of carbonyl (C=O) groups excluding carboxylic acids is 1. The van der Waals surface area contributed by atoms with E-state index in [1.165, 1.54) is 11.1 Å². The van der Waals surface area contributed by atoms with E-state index in [9.17, 15) is 4.79 Å². The average Bonchev–Trinajstić information content (AvgIpc) is 3.36. The van der Waals surface area contributed by atoms with Gasteiger partial charge in [-0.15, -0.1) is 36.2 Å². The van der Waals surface area contributed by atoms with E-state index in [-0.39, 0.29) is 30.7 Å². The first-order chi connectivity index (χ1) is 13.7. The lowest BCUT2D eigenvalue weighted by atomic mass is 9.89. The van der Waals surface area contributed by atoms with E-state index in [0.29, 0.717) is 24.8 Å². The molecule has 2 atom stereocenters. The van der Waals surface area contributed by atoms with Gasteiger partial charge >= 0.3 is 0 Å².